The van der Waals surface area contributed by atoms with Crippen molar-refractivity contribution in [2.75, 3.05) is 13.2 Å². The summed E-state index contributed by atoms with van der Waals surface area (Å²) in [7, 11) is 0. The van der Waals surface area contributed by atoms with Crippen molar-refractivity contribution in [3.05, 3.63) is 30.3 Å². The zero-order valence-electron chi connectivity index (χ0n) is 18.2. The zero-order valence-corrected chi connectivity index (χ0v) is 19.0. The number of nitrogens with two attached hydrogens (primary N) is 1. The number of guanidine groups is 2. The molecule has 3 rings (SSSR count). The number of aromatic amines is 1. The highest BCUT2D eigenvalue weighted by Crippen LogP contribution is 2.26. The minimum Gasteiger partial charge on any atom is -0.467 e. The third-order valence-electron chi connectivity index (χ3n) is 4.70. The summed E-state index contributed by atoms with van der Waals surface area (Å²) in [6.45, 7) is 2.31. The van der Waals surface area contributed by atoms with Gasteiger partial charge in [-0.3, -0.25) is 16.1 Å². The average molecular weight is 489 g/mol. The number of nitrogens with one attached hydrogen (secondary N) is 5. The predicted molar refractivity (Wildman–Crippen MR) is 126 cm³/mol. The highest BCUT2D eigenvalue weighted by Gasteiger charge is 2.45. The van der Waals surface area contributed by atoms with Gasteiger partial charge < -0.3 is 45.9 Å². The molecule has 13 heteroatoms. The number of para-hydroxylation sites is 1. The summed E-state index contributed by atoms with van der Waals surface area (Å²) in [5.74, 6) is 0.225. The number of hydrogen-bond acceptors (Lipinski definition) is 8. The lowest BCUT2D eigenvalue weighted by Gasteiger charge is -2.39. The number of unbranched alkanes of at least 4 members (excludes halogenated alkanes) is 1. The summed E-state index contributed by atoms with van der Waals surface area (Å²) in [5.41, 5.74) is 5.84. The van der Waals surface area contributed by atoms with Gasteiger partial charge in [-0.1, -0.05) is 31.5 Å². The van der Waals surface area contributed by atoms with Crippen LogP contribution in [-0.2, 0) is 4.74 Å². The number of H-pyrrole nitrogens is 1. The van der Waals surface area contributed by atoms with E-state index in [-0.39, 0.29) is 24.3 Å². The summed E-state index contributed by atoms with van der Waals surface area (Å²) in [5, 5.41) is 58.6. The lowest BCUT2D eigenvalue weighted by Crippen LogP contribution is -2.60. The van der Waals surface area contributed by atoms with Crippen LogP contribution in [0.15, 0.2) is 30.3 Å². The Labute approximate surface area is 197 Å². The van der Waals surface area contributed by atoms with E-state index in [1.54, 1.807) is 6.07 Å². The van der Waals surface area contributed by atoms with Crippen LogP contribution in [0, 0.1) is 10.8 Å². The normalized spacial score (nSPS) is 24.1. The second-order valence-electron chi connectivity index (χ2n) is 7.23. The van der Waals surface area contributed by atoms with Gasteiger partial charge in [-0.25, -0.2) is 0 Å². The first-order valence-electron chi connectivity index (χ1n) is 10.2. The number of fused-ring (bicyclic) bond motifs is 1. The van der Waals surface area contributed by atoms with Crippen molar-refractivity contribution < 1.29 is 29.9 Å². The number of aromatic nitrogens is 1. The number of hydrogen-bond donors (Lipinski definition) is 10. The molecule has 0 unspecified atom stereocenters. The molecule has 186 valence electrons. The topological polar surface area (TPSA) is 213 Å². The number of ether oxygens (including phenoxy) is 2. The van der Waals surface area contributed by atoms with E-state index in [0.717, 1.165) is 30.3 Å². The van der Waals surface area contributed by atoms with E-state index in [0.29, 0.717) is 5.88 Å². The molecule has 0 radical (unpaired) electrons. The van der Waals surface area contributed by atoms with Crippen LogP contribution in [0.25, 0.3) is 10.9 Å². The van der Waals surface area contributed by atoms with Gasteiger partial charge in [-0.05, 0) is 12.5 Å². The van der Waals surface area contributed by atoms with Crippen LogP contribution in [0.3, 0.4) is 0 Å². The largest absolute Gasteiger partial charge is 0.467 e. The number of aliphatic hydroxyl groups is 4. The molecule has 11 N–H and O–H groups in total. The summed E-state index contributed by atoms with van der Waals surface area (Å²) in [6, 6.07) is 9.22. The second-order valence-corrected chi connectivity index (χ2v) is 7.23. The molecule has 2 heterocycles. The van der Waals surface area contributed by atoms with Crippen LogP contribution in [0.1, 0.15) is 19.8 Å². The van der Waals surface area contributed by atoms with Crippen LogP contribution >= 0.6 is 12.4 Å². The summed E-state index contributed by atoms with van der Waals surface area (Å²) >= 11 is 0. The Morgan fingerprint density at radius 2 is 1.91 bits per heavy atom. The molecule has 33 heavy (non-hydrogen) atoms. The zero-order chi connectivity index (χ0) is 23.7. The first kappa shape index (κ1) is 28.4. The Balaban J connectivity index is 0.000000391. The molecular weight excluding hydrogens is 456 g/mol. The van der Waals surface area contributed by atoms with Gasteiger partial charge in [0, 0.05) is 23.5 Å². The van der Waals surface area contributed by atoms with Crippen LogP contribution < -0.4 is 21.1 Å². The van der Waals surface area contributed by atoms with Crippen molar-refractivity contribution in [3.63, 3.8) is 0 Å². The molecule has 1 fully saturated rings. The van der Waals surface area contributed by atoms with E-state index in [1.165, 1.54) is 0 Å². The third kappa shape index (κ3) is 8.35. The van der Waals surface area contributed by atoms with E-state index in [4.69, 9.17) is 31.1 Å². The molecule has 1 aromatic carbocycles. The molecule has 0 aliphatic carbocycles. The fourth-order valence-electron chi connectivity index (χ4n) is 3.02. The lowest BCUT2D eigenvalue weighted by atomic mass is 9.99. The monoisotopic (exact) mass is 488 g/mol. The molecule has 12 nitrogen and oxygen atoms in total. The average Bonchev–Trinajstić information content (AvgIpc) is 3.16. The van der Waals surface area contributed by atoms with E-state index in [2.05, 4.69) is 22.5 Å². The van der Waals surface area contributed by atoms with Crippen LogP contribution in [0.2, 0.25) is 0 Å². The first-order valence-corrected chi connectivity index (χ1v) is 10.2. The van der Waals surface area contributed by atoms with Crippen molar-refractivity contribution in [3.8, 4) is 5.88 Å². The Morgan fingerprint density at radius 3 is 2.52 bits per heavy atom. The van der Waals surface area contributed by atoms with Crippen molar-refractivity contribution in [1.29, 1.82) is 10.8 Å². The molecular formula is C20H33ClN6O6. The molecule has 1 aliphatic rings. The fraction of sp³-hybridized carbons (Fsp3) is 0.500. The van der Waals surface area contributed by atoms with Crippen LogP contribution in [0.4, 0.5) is 0 Å². The van der Waals surface area contributed by atoms with Gasteiger partial charge in [-0.15, -0.1) is 12.4 Å². The Hall–Kier alpha value is -2.61. The summed E-state index contributed by atoms with van der Waals surface area (Å²) in [6.07, 6.45) is -4.27. The lowest BCUT2D eigenvalue weighted by molar-refractivity contribution is -0.280. The van der Waals surface area contributed by atoms with Gasteiger partial charge in [-0.2, -0.15) is 0 Å². The number of aliphatic hydroxyl groups excluding tert-OH is 4. The highest BCUT2D eigenvalue weighted by molar-refractivity contribution is 5.94. The Kier molecular flexibility index (Phi) is 11.9. The Bertz CT molecular complexity index is 851. The van der Waals surface area contributed by atoms with E-state index >= 15 is 0 Å². The molecule has 5 atom stereocenters. The van der Waals surface area contributed by atoms with E-state index in [9.17, 15) is 15.3 Å². The minimum absolute atomic E-state index is 0. The maximum atomic E-state index is 10.0. The minimum atomic E-state index is -1.45. The third-order valence-corrected chi connectivity index (χ3v) is 4.70. The van der Waals surface area contributed by atoms with Gasteiger partial charge in [0.15, 0.2) is 30.2 Å². The van der Waals surface area contributed by atoms with E-state index < -0.39 is 37.3 Å². The molecule has 0 amide bonds. The van der Waals surface area contributed by atoms with Gasteiger partial charge in [0.05, 0.1) is 6.61 Å². The molecule has 2 aromatic rings. The van der Waals surface area contributed by atoms with Crippen LogP contribution in [0.5, 0.6) is 5.88 Å². The SMILES string of the molecule is CCCCNC(=N)NC(=N)N.Cl.OC[C@H]1O[C@@H](O)[C@H](Oc2cc3ccccc3[nH]2)[C@@H](O)[C@H]1O. The Morgan fingerprint density at radius 1 is 1.21 bits per heavy atom. The molecule has 0 spiro atoms. The first-order chi connectivity index (χ1) is 15.3. The van der Waals surface area contributed by atoms with Crippen molar-refractivity contribution in [2.45, 2.75) is 50.5 Å². The molecule has 1 saturated heterocycles. The number of halogens is 1. The predicted octanol–water partition coefficient (Wildman–Crippen LogP) is -0.438. The van der Waals surface area contributed by atoms with Gasteiger partial charge >= 0.3 is 0 Å². The summed E-state index contributed by atoms with van der Waals surface area (Å²) < 4.78 is 10.5. The second kappa shape index (κ2) is 13.8. The molecule has 1 aromatic heterocycles. The summed E-state index contributed by atoms with van der Waals surface area (Å²) in [4.78, 5) is 2.99. The maximum Gasteiger partial charge on any atom is 0.195 e. The van der Waals surface area contributed by atoms with Crippen LogP contribution in [-0.4, -0.2) is 81.2 Å². The van der Waals surface area contributed by atoms with Gasteiger partial charge in [0.1, 0.15) is 18.3 Å². The fourth-order valence-corrected chi connectivity index (χ4v) is 3.02. The number of benzene rings is 1. The van der Waals surface area contributed by atoms with Crippen molar-refractivity contribution >= 4 is 35.2 Å². The van der Waals surface area contributed by atoms with Gasteiger partial charge in [0.2, 0.25) is 0 Å². The van der Waals surface area contributed by atoms with Crippen molar-refractivity contribution in [2.24, 2.45) is 5.73 Å². The van der Waals surface area contributed by atoms with E-state index in [1.807, 2.05) is 24.3 Å². The molecule has 0 saturated carbocycles. The standard InChI is InChI=1S/C14H17NO6.C6H15N5.ClH/c16-6-9-11(17)12(18)13(14(19)20-9)21-10-5-7-3-1-2-4-8(7)15-10;1-2-3-4-10-6(9)11-5(7)8;/h1-5,9,11-19H,6H2;2-4H2,1H3,(H6,7,8,9,10,11);1H/t9-,11+,12+,13-,14-;;/m1../s1. The smallest absolute Gasteiger partial charge is 0.195 e. The number of rotatable bonds is 6. The van der Waals surface area contributed by atoms with Crippen molar-refractivity contribution in [1.82, 2.24) is 15.6 Å². The quantitative estimate of drug-likeness (QED) is 0.145. The highest BCUT2D eigenvalue weighted by atomic mass is 35.5. The molecule has 0 bridgehead atoms. The maximum absolute atomic E-state index is 10.0. The van der Waals surface area contributed by atoms with Gasteiger partial charge in [0.25, 0.3) is 0 Å². The molecule has 1 aliphatic heterocycles.